The zero-order chi connectivity index (χ0) is 13.7. The Morgan fingerprint density at radius 1 is 1.26 bits per heavy atom. The maximum absolute atomic E-state index is 9.41. The fraction of sp³-hybridized carbons (Fsp3) is 0.938. The van der Waals surface area contributed by atoms with Crippen molar-refractivity contribution < 1.29 is 4.74 Å². The molecule has 0 bridgehead atoms. The van der Waals surface area contributed by atoms with Crippen LogP contribution in [0.5, 0.6) is 0 Å². The molecule has 2 aliphatic rings. The average molecular weight is 264 g/mol. The molecule has 4 unspecified atom stereocenters. The summed E-state index contributed by atoms with van der Waals surface area (Å²) in [6.07, 6.45) is 7.47. The molecular weight excluding hydrogens is 236 g/mol. The highest BCUT2D eigenvalue weighted by atomic mass is 16.5. The van der Waals surface area contributed by atoms with Gasteiger partial charge in [0, 0.05) is 19.7 Å². The lowest BCUT2D eigenvalue weighted by atomic mass is 9.76. The monoisotopic (exact) mass is 264 g/mol. The molecular formula is C16H28N2O. The summed E-state index contributed by atoms with van der Waals surface area (Å²) in [5, 5.41) is 9.41. The molecule has 1 saturated carbocycles. The van der Waals surface area contributed by atoms with E-state index in [2.05, 4.69) is 17.9 Å². The third-order valence-corrected chi connectivity index (χ3v) is 4.98. The maximum Gasteiger partial charge on any atom is 0.0672 e. The topological polar surface area (TPSA) is 36.3 Å². The van der Waals surface area contributed by atoms with Crippen molar-refractivity contribution in [3.63, 3.8) is 0 Å². The van der Waals surface area contributed by atoms with Crippen molar-refractivity contribution in [2.24, 2.45) is 17.8 Å². The molecule has 0 aromatic heterocycles. The van der Waals surface area contributed by atoms with Gasteiger partial charge >= 0.3 is 0 Å². The van der Waals surface area contributed by atoms with Gasteiger partial charge in [0.25, 0.3) is 0 Å². The van der Waals surface area contributed by atoms with Crippen LogP contribution in [0.15, 0.2) is 0 Å². The number of likely N-dealkylation sites (tertiary alicyclic amines) is 1. The van der Waals surface area contributed by atoms with Crippen LogP contribution in [-0.4, -0.2) is 37.7 Å². The molecule has 2 fully saturated rings. The zero-order valence-electron chi connectivity index (χ0n) is 12.5. The Morgan fingerprint density at radius 2 is 2.11 bits per heavy atom. The van der Waals surface area contributed by atoms with Gasteiger partial charge in [0.05, 0.1) is 18.6 Å². The lowest BCUT2D eigenvalue weighted by Crippen LogP contribution is -2.43. The number of rotatable bonds is 5. The first-order valence-corrected chi connectivity index (χ1v) is 7.91. The fourth-order valence-corrected chi connectivity index (χ4v) is 3.99. The molecule has 3 heteroatoms. The standard InChI is InChI=1S/C16H28N2O/c1-3-4-13-5-6-15(10-17)16(9-13)18-8-7-14(11-18)12-19-2/h13-16H,3-9,11-12H2,1-2H3. The van der Waals surface area contributed by atoms with Gasteiger partial charge in [-0.2, -0.15) is 5.26 Å². The first-order valence-electron chi connectivity index (χ1n) is 7.91. The van der Waals surface area contributed by atoms with Gasteiger partial charge in [-0.1, -0.05) is 19.8 Å². The van der Waals surface area contributed by atoms with Gasteiger partial charge in [-0.05, 0) is 44.1 Å². The van der Waals surface area contributed by atoms with Crippen LogP contribution in [0, 0.1) is 29.1 Å². The summed E-state index contributed by atoms with van der Waals surface area (Å²) in [6.45, 7) is 5.44. The molecule has 2 rings (SSSR count). The van der Waals surface area contributed by atoms with Crippen molar-refractivity contribution in [3.8, 4) is 6.07 Å². The van der Waals surface area contributed by atoms with Crippen LogP contribution in [0.4, 0.5) is 0 Å². The van der Waals surface area contributed by atoms with E-state index in [1.54, 1.807) is 7.11 Å². The molecule has 0 radical (unpaired) electrons. The third-order valence-electron chi connectivity index (χ3n) is 4.98. The fourth-order valence-electron chi connectivity index (χ4n) is 3.99. The van der Waals surface area contributed by atoms with E-state index < -0.39 is 0 Å². The van der Waals surface area contributed by atoms with Crippen molar-refractivity contribution >= 4 is 0 Å². The van der Waals surface area contributed by atoms with Gasteiger partial charge in [0.15, 0.2) is 0 Å². The SMILES string of the molecule is CCCC1CCC(C#N)C(N2CCC(COC)C2)C1. The molecule has 108 valence electrons. The number of nitrogens with zero attached hydrogens (tertiary/aromatic N) is 2. The Bertz CT molecular complexity index is 312. The highest BCUT2D eigenvalue weighted by molar-refractivity contribution is 4.99. The van der Waals surface area contributed by atoms with Gasteiger partial charge in [0.2, 0.25) is 0 Å². The number of hydrogen-bond acceptors (Lipinski definition) is 3. The molecule has 1 heterocycles. The molecule has 1 aliphatic carbocycles. The second-order valence-corrected chi connectivity index (χ2v) is 6.38. The Balaban J connectivity index is 1.93. The highest BCUT2D eigenvalue weighted by Gasteiger charge is 2.37. The van der Waals surface area contributed by atoms with E-state index in [0.29, 0.717) is 12.0 Å². The molecule has 0 amide bonds. The summed E-state index contributed by atoms with van der Waals surface area (Å²) >= 11 is 0. The number of hydrogen-bond donors (Lipinski definition) is 0. The second kappa shape index (κ2) is 7.26. The molecule has 1 aliphatic heterocycles. The summed E-state index contributed by atoms with van der Waals surface area (Å²) in [4.78, 5) is 2.58. The predicted octanol–water partition coefficient (Wildman–Crippen LogP) is 3.06. The largest absolute Gasteiger partial charge is 0.384 e. The first-order chi connectivity index (χ1) is 9.28. The first kappa shape index (κ1) is 14.8. The summed E-state index contributed by atoms with van der Waals surface area (Å²) in [7, 11) is 1.79. The molecule has 0 aromatic carbocycles. The number of methoxy groups -OCH3 is 1. The van der Waals surface area contributed by atoms with Crippen LogP contribution in [0.2, 0.25) is 0 Å². The van der Waals surface area contributed by atoms with Gasteiger partial charge in [-0.15, -0.1) is 0 Å². The van der Waals surface area contributed by atoms with Crippen molar-refractivity contribution in [2.75, 3.05) is 26.8 Å². The molecule has 0 N–H and O–H groups in total. The quantitative estimate of drug-likeness (QED) is 0.765. The molecule has 19 heavy (non-hydrogen) atoms. The molecule has 4 atom stereocenters. The number of nitriles is 1. The van der Waals surface area contributed by atoms with Crippen molar-refractivity contribution in [1.29, 1.82) is 5.26 Å². The second-order valence-electron chi connectivity index (χ2n) is 6.38. The Kier molecular flexibility index (Phi) is 5.66. The lowest BCUT2D eigenvalue weighted by Gasteiger charge is -2.38. The molecule has 0 aromatic rings. The van der Waals surface area contributed by atoms with Crippen LogP contribution in [0.25, 0.3) is 0 Å². The van der Waals surface area contributed by atoms with Gasteiger partial charge in [-0.25, -0.2) is 0 Å². The van der Waals surface area contributed by atoms with E-state index in [-0.39, 0.29) is 5.92 Å². The lowest BCUT2D eigenvalue weighted by molar-refractivity contribution is 0.105. The maximum atomic E-state index is 9.41. The average Bonchev–Trinajstić information content (AvgIpc) is 2.88. The summed E-state index contributed by atoms with van der Waals surface area (Å²) in [6, 6.07) is 3.08. The van der Waals surface area contributed by atoms with Gasteiger partial charge in [0.1, 0.15) is 0 Å². The molecule has 1 saturated heterocycles. The van der Waals surface area contributed by atoms with E-state index in [9.17, 15) is 5.26 Å². The van der Waals surface area contributed by atoms with Crippen molar-refractivity contribution in [1.82, 2.24) is 4.90 Å². The number of ether oxygens (including phenoxy) is 1. The van der Waals surface area contributed by atoms with Crippen LogP contribution in [0.1, 0.15) is 45.4 Å². The Labute approximate surface area is 117 Å². The van der Waals surface area contributed by atoms with E-state index in [0.717, 1.165) is 32.0 Å². The van der Waals surface area contributed by atoms with Crippen LogP contribution in [-0.2, 0) is 4.74 Å². The minimum Gasteiger partial charge on any atom is -0.384 e. The normalized spacial score (nSPS) is 36.3. The minimum atomic E-state index is 0.259. The zero-order valence-corrected chi connectivity index (χ0v) is 12.5. The molecule has 3 nitrogen and oxygen atoms in total. The van der Waals surface area contributed by atoms with E-state index >= 15 is 0 Å². The van der Waals surface area contributed by atoms with Crippen molar-refractivity contribution in [3.05, 3.63) is 0 Å². The summed E-state index contributed by atoms with van der Waals surface area (Å²) in [5.41, 5.74) is 0. The van der Waals surface area contributed by atoms with E-state index in [1.165, 1.54) is 32.1 Å². The predicted molar refractivity (Wildman–Crippen MR) is 76.7 cm³/mol. The Hall–Kier alpha value is -0.590. The minimum absolute atomic E-state index is 0.259. The smallest absolute Gasteiger partial charge is 0.0672 e. The summed E-state index contributed by atoms with van der Waals surface area (Å²) < 4.78 is 5.28. The van der Waals surface area contributed by atoms with E-state index in [1.807, 2.05) is 0 Å². The van der Waals surface area contributed by atoms with Crippen molar-refractivity contribution in [2.45, 2.75) is 51.5 Å². The summed E-state index contributed by atoms with van der Waals surface area (Å²) in [5.74, 6) is 1.78. The van der Waals surface area contributed by atoms with Crippen LogP contribution >= 0.6 is 0 Å². The third kappa shape index (κ3) is 3.70. The van der Waals surface area contributed by atoms with Gasteiger partial charge in [-0.3, -0.25) is 4.90 Å². The molecule has 0 spiro atoms. The van der Waals surface area contributed by atoms with E-state index in [4.69, 9.17) is 4.74 Å². The van der Waals surface area contributed by atoms with Crippen LogP contribution < -0.4 is 0 Å². The highest BCUT2D eigenvalue weighted by Crippen LogP contribution is 2.36. The Morgan fingerprint density at radius 3 is 2.79 bits per heavy atom. The van der Waals surface area contributed by atoms with Crippen LogP contribution in [0.3, 0.4) is 0 Å². The van der Waals surface area contributed by atoms with Gasteiger partial charge < -0.3 is 4.74 Å².